The third kappa shape index (κ3) is 3.91. The molecule has 0 aliphatic carbocycles. The van der Waals surface area contributed by atoms with Crippen molar-refractivity contribution in [2.24, 2.45) is 5.92 Å². The summed E-state index contributed by atoms with van der Waals surface area (Å²) in [6.07, 6.45) is 5.46. The van der Waals surface area contributed by atoms with E-state index in [9.17, 15) is 4.79 Å². The lowest BCUT2D eigenvalue weighted by Gasteiger charge is -2.37. The van der Waals surface area contributed by atoms with Crippen LogP contribution < -0.4 is 0 Å². The van der Waals surface area contributed by atoms with Crippen LogP contribution in [0.4, 0.5) is 0 Å². The van der Waals surface area contributed by atoms with Gasteiger partial charge in [-0.25, -0.2) is 4.79 Å². The molecule has 0 amide bonds. The topological polar surface area (TPSA) is 40.5 Å². The fourth-order valence-electron chi connectivity index (χ4n) is 2.58. The van der Waals surface area contributed by atoms with Crippen molar-refractivity contribution in [1.29, 1.82) is 0 Å². The van der Waals surface area contributed by atoms with Crippen LogP contribution in [0.15, 0.2) is 17.5 Å². The molecule has 1 aliphatic rings. The Balaban J connectivity index is 1.97. The predicted octanol–water partition coefficient (Wildman–Crippen LogP) is 3.47. The van der Waals surface area contributed by atoms with E-state index in [0.29, 0.717) is 6.04 Å². The highest BCUT2D eigenvalue weighted by Gasteiger charge is 2.24. The first-order valence-electron chi connectivity index (χ1n) is 6.78. The Kier molecular flexibility index (Phi) is 4.77. The normalized spacial score (nSPS) is 24.9. The molecule has 1 saturated heterocycles. The molecule has 1 aromatic heterocycles. The molecule has 0 saturated carbocycles. The monoisotopic (exact) mass is 279 g/mol. The van der Waals surface area contributed by atoms with Crippen LogP contribution in [0.25, 0.3) is 6.08 Å². The number of thiophene rings is 1. The molecule has 2 heterocycles. The van der Waals surface area contributed by atoms with Gasteiger partial charge in [0.25, 0.3) is 0 Å². The molecule has 0 bridgehead atoms. The third-order valence-electron chi connectivity index (χ3n) is 3.96. The molecular formula is C15H21NO2S. The van der Waals surface area contributed by atoms with E-state index in [2.05, 4.69) is 24.8 Å². The molecule has 19 heavy (non-hydrogen) atoms. The molecule has 3 nitrogen and oxygen atoms in total. The molecule has 1 fully saturated rings. The maximum absolute atomic E-state index is 10.5. The van der Waals surface area contributed by atoms with Gasteiger partial charge in [0.2, 0.25) is 0 Å². The van der Waals surface area contributed by atoms with Gasteiger partial charge in [0, 0.05) is 23.5 Å². The minimum Gasteiger partial charge on any atom is -0.478 e. The van der Waals surface area contributed by atoms with E-state index in [-0.39, 0.29) is 0 Å². The second-order valence-electron chi connectivity index (χ2n) is 5.35. The van der Waals surface area contributed by atoms with Crippen molar-refractivity contribution in [3.05, 3.63) is 28.0 Å². The van der Waals surface area contributed by atoms with Crippen molar-refractivity contribution in [1.82, 2.24) is 4.90 Å². The lowest BCUT2D eigenvalue weighted by molar-refractivity contribution is -0.131. The summed E-state index contributed by atoms with van der Waals surface area (Å²) in [5, 5.41) is 10.6. The number of carboxylic acids is 1. The van der Waals surface area contributed by atoms with Crippen LogP contribution in [0.1, 0.15) is 37.1 Å². The summed E-state index contributed by atoms with van der Waals surface area (Å²) in [7, 11) is 0. The highest BCUT2D eigenvalue weighted by atomic mass is 32.1. The number of piperidine rings is 1. The van der Waals surface area contributed by atoms with Gasteiger partial charge in [0.05, 0.1) is 0 Å². The summed E-state index contributed by atoms with van der Waals surface area (Å²) < 4.78 is 0. The lowest BCUT2D eigenvalue weighted by atomic mass is 9.92. The zero-order valence-electron chi connectivity index (χ0n) is 11.5. The Bertz CT molecular complexity index is 466. The van der Waals surface area contributed by atoms with Crippen molar-refractivity contribution in [2.45, 2.75) is 39.3 Å². The molecule has 1 aliphatic heterocycles. The van der Waals surface area contributed by atoms with E-state index in [4.69, 9.17) is 5.11 Å². The first-order chi connectivity index (χ1) is 9.06. The fourth-order valence-corrected chi connectivity index (χ4v) is 3.46. The molecule has 0 radical (unpaired) electrons. The van der Waals surface area contributed by atoms with Gasteiger partial charge in [-0.1, -0.05) is 6.92 Å². The number of nitrogens with zero attached hydrogens (tertiary/aromatic N) is 1. The number of likely N-dealkylation sites (tertiary alicyclic amines) is 1. The predicted molar refractivity (Wildman–Crippen MR) is 79.3 cm³/mol. The van der Waals surface area contributed by atoms with Crippen molar-refractivity contribution < 1.29 is 9.90 Å². The number of carbonyl (C=O) groups is 1. The van der Waals surface area contributed by atoms with Gasteiger partial charge in [-0.2, -0.15) is 0 Å². The van der Waals surface area contributed by atoms with E-state index in [0.717, 1.165) is 18.0 Å². The van der Waals surface area contributed by atoms with Crippen LogP contribution in [0.3, 0.4) is 0 Å². The van der Waals surface area contributed by atoms with Gasteiger partial charge in [-0.15, -0.1) is 11.3 Å². The second-order valence-corrected chi connectivity index (χ2v) is 6.34. The molecular weight excluding hydrogens is 258 g/mol. The van der Waals surface area contributed by atoms with Gasteiger partial charge in [0.15, 0.2) is 0 Å². The van der Waals surface area contributed by atoms with Gasteiger partial charge >= 0.3 is 5.97 Å². The largest absolute Gasteiger partial charge is 0.478 e. The van der Waals surface area contributed by atoms with Gasteiger partial charge < -0.3 is 5.11 Å². The molecule has 104 valence electrons. The molecule has 2 rings (SSSR count). The summed E-state index contributed by atoms with van der Waals surface area (Å²) in [5.41, 5.74) is 0.986. The lowest BCUT2D eigenvalue weighted by Crippen LogP contribution is -2.41. The Labute approximate surface area is 118 Å². The molecule has 1 aromatic rings. The van der Waals surface area contributed by atoms with Crippen LogP contribution in [0, 0.1) is 5.92 Å². The first-order valence-corrected chi connectivity index (χ1v) is 7.66. The summed E-state index contributed by atoms with van der Waals surface area (Å²) in [4.78, 5) is 14.3. The van der Waals surface area contributed by atoms with Crippen LogP contribution >= 0.6 is 11.3 Å². The second kappa shape index (κ2) is 6.35. The Morgan fingerprint density at radius 3 is 3.11 bits per heavy atom. The van der Waals surface area contributed by atoms with E-state index < -0.39 is 5.97 Å². The third-order valence-corrected chi connectivity index (χ3v) is 4.90. The maximum Gasteiger partial charge on any atom is 0.328 e. The zero-order valence-corrected chi connectivity index (χ0v) is 12.3. The summed E-state index contributed by atoms with van der Waals surface area (Å²) >= 11 is 1.71. The Morgan fingerprint density at radius 2 is 2.37 bits per heavy atom. The van der Waals surface area contributed by atoms with E-state index in [1.165, 1.54) is 30.3 Å². The van der Waals surface area contributed by atoms with Gasteiger partial charge in [-0.05, 0) is 55.3 Å². The van der Waals surface area contributed by atoms with Crippen molar-refractivity contribution in [2.75, 3.05) is 6.54 Å². The van der Waals surface area contributed by atoms with E-state index in [1.807, 2.05) is 5.38 Å². The minimum absolute atomic E-state index is 0.633. The zero-order chi connectivity index (χ0) is 13.8. The summed E-state index contributed by atoms with van der Waals surface area (Å²) in [6.45, 7) is 6.79. The van der Waals surface area contributed by atoms with Crippen LogP contribution in [-0.4, -0.2) is 28.6 Å². The molecule has 2 unspecified atom stereocenters. The molecule has 4 heteroatoms. The van der Waals surface area contributed by atoms with Gasteiger partial charge in [-0.3, -0.25) is 4.90 Å². The molecule has 0 spiro atoms. The summed E-state index contributed by atoms with van der Waals surface area (Å²) in [5.74, 6) is -0.133. The average molecular weight is 279 g/mol. The number of rotatable bonds is 4. The molecule has 0 aromatic carbocycles. The average Bonchev–Trinajstić information content (AvgIpc) is 2.80. The first kappa shape index (κ1) is 14.3. The Morgan fingerprint density at radius 1 is 1.58 bits per heavy atom. The minimum atomic E-state index is -0.897. The molecule has 1 N–H and O–H groups in total. The number of hydrogen-bond acceptors (Lipinski definition) is 3. The Hall–Kier alpha value is -1.13. The number of carboxylic acid groups (broad SMARTS) is 1. The summed E-state index contributed by atoms with van der Waals surface area (Å²) in [6, 6.07) is 2.73. The SMILES string of the molecule is CC1CCCN(Cc2cc(C=CC(=O)O)cs2)C1C. The van der Waals surface area contributed by atoms with Crippen LogP contribution in [-0.2, 0) is 11.3 Å². The van der Waals surface area contributed by atoms with Crippen LogP contribution in [0.5, 0.6) is 0 Å². The fraction of sp³-hybridized carbons (Fsp3) is 0.533. The van der Waals surface area contributed by atoms with Crippen molar-refractivity contribution >= 4 is 23.4 Å². The van der Waals surface area contributed by atoms with Crippen molar-refractivity contribution in [3.63, 3.8) is 0 Å². The maximum atomic E-state index is 10.5. The van der Waals surface area contributed by atoms with Crippen molar-refractivity contribution in [3.8, 4) is 0 Å². The smallest absolute Gasteiger partial charge is 0.328 e. The van der Waals surface area contributed by atoms with E-state index in [1.54, 1.807) is 17.4 Å². The highest BCUT2D eigenvalue weighted by molar-refractivity contribution is 7.10. The van der Waals surface area contributed by atoms with E-state index >= 15 is 0 Å². The molecule has 2 atom stereocenters. The van der Waals surface area contributed by atoms with Gasteiger partial charge in [0.1, 0.15) is 0 Å². The quantitative estimate of drug-likeness (QED) is 0.858. The van der Waals surface area contributed by atoms with Crippen LogP contribution in [0.2, 0.25) is 0 Å². The number of hydrogen-bond donors (Lipinski definition) is 1. The standard InChI is InChI=1S/C15H21NO2S/c1-11-4-3-7-16(12(11)2)9-14-8-13(10-19-14)5-6-15(17)18/h5-6,8,10-12H,3-4,7,9H2,1-2H3,(H,17,18). The number of aliphatic carboxylic acids is 1. The highest BCUT2D eigenvalue weighted by Crippen LogP contribution is 2.26.